The standard InChI is InChI=1S/C16H14N4O4/c1-9-5-14(18-8-17-9)24-11-3-4-13-12(6-11)16(10(2)21)19-20(13)7-15(22)23/h3-6,8H,7H2,1-2H3,(H,22,23). The summed E-state index contributed by atoms with van der Waals surface area (Å²) in [5.41, 5.74) is 1.52. The van der Waals surface area contributed by atoms with E-state index in [1.165, 1.54) is 17.9 Å². The molecule has 0 fully saturated rings. The summed E-state index contributed by atoms with van der Waals surface area (Å²) in [6.07, 6.45) is 1.40. The third-order valence-electron chi connectivity index (χ3n) is 3.34. The molecule has 3 rings (SSSR count). The van der Waals surface area contributed by atoms with Gasteiger partial charge >= 0.3 is 5.97 Å². The van der Waals surface area contributed by atoms with E-state index in [0.29, 0.717) is 22.5 Å². The molecule has 0 unspecified atom stereocenters. The summed E-state index contributed by atoms with van der Waals surface area (Å²) in [5, 5.41) is 13.6. The smallest absolute Gasteiger partial charge is 0.325 e. The topological polar surface area (TPSA) is 107 Å². The summed E-state index contributed by atoms with van der Waals surface area (Å²) >= 11 is 0. The summed E-state index contributed by atoms with van der Waals surface area (Å²) in [6.45, 7) is 2.88. The van der Waals surface area contributed by atoms with Crippen LogP contribution in [0, 0.1) is 6.92 Å². The Labute approximate surface area is 136 Å². The second kappa shape index (κ2) is 6.07. The van der Waals surface area contributed by atoms with Crippen LogP contribution in [0.1, 0.15) is 23.1 Å². The van der Waals surface area contributed by atoms with Gasteiger partial charge in [-0.3, -0.25) is 14.3 Å². The molecule has 0 saturated carbocycles. The Morgan fingerprint density at radius 1 is 1.25 bits per heavy atom. The molecule has 0 bridgehead atoms. The van der Waals surface area contributed by atoms with E-state index in [9.17, 15) is 9.59 Å². The number of aromatic nitrogens is 4. The fourth-order valence-electron chi connectivity index (χ4n) is 2.34. The number of hydrogen-bond donors (Lipinski definition) is 1. The third-order valence-corrected chi connectivity index (χ3v) is 3.34. The molecule has 0 aliphatic heterocycles. The van der Waals surface area contributed by atoms with Crippen LogP contribution >= 0.6 is 0 Å². The number of carboxylic acid groups (broad SMARTS) is 1. The van der Waals surface area contributed by atoms with E-state index in [-0.39, 0.29) is 18.0 Å². The lowest BCUT2D eigenvalue weighted by Crippen LogP contribution is -2.10. The lowest BCUT2D eigenvalue weighted by molar-refractivity contribution is -0.137. The molecule has 24 heavy (non-hydrogen) atoms. The van der Waals surface area contributed by atoms with Crippen LogP contribution in [0.5, 0.6) is 11.6 Å². The minimum atomic E-state index is -1.04. The van der Waals surface area contributed by atoms with Gasteiger partial charge in [0.25, 0.3) is 0 Å². The number of aryl methyl sites for hydroxylation is 1. The molecule has 2 heterocycles. The molecule has 1 aromatic carbocycles. The predicted octanol–water partition coefficient (Wildman–Crippen LogP) is 2.21. The minimum Gasteiger partial charge on any atom is -0.480 e. The van der Waals surface area contributed by atoms with E-state index in [1.54, 1.807) is 24.3 Å². The summed E-state index contributed by atoms with van der Waals surface area (Å²) in [6, 6.07) is 6.67. The van der Waals surface area contributed by atoms with Crippen molar-refractivity contribution in [2.45, 2.75) is 20.4 Å². The Hall–Kier alpha value is -3.29. The van der Waals surface area contributed by atoms with Crippen LogP contribution in [0.15, 0.2) is 30.6 Å². The number of ketones is 1. The number of nitrogens with zero attached hydrogens (tertiary/aromatic N) is 4. The molecule has 8 heteroatoms. The first-order valence-corrected chi connectivity index (χ1v) is 7.14. The van der Waals surface area contributed by atoms with E-state index in [4.69, 9.17) is 9.84 Å². The van der Waals surface area contributed by atoms with Gasteiger partial charge in [-0.2, -0.15) is 5.10 Å². The lowest BCUT2D eigenvalue weighted by Gasteiger charge is -2.05. The zero-order valence-corrected chi connectivity index (χ0v) is 13.1. The maximum absolute atomic E-state index is 11.8. The molecule has 0 aliphatic carbocycles. The number of carbonyl (C=O) groups excluding carboxylic acids is 1. The molecule has 0 radical (unpaired) electrons. The maximum Gasteiger partial charge on any atom is 0.325 e. The number of carbonyl (C=O) groups is 2. The highest BCUT2D eigenvalue weighted by molar-refractivity contribution is 6.05. The second-order valence-corrected chi connectivity index (χ2v) is 5.23. The summed E-state index contributed by atoms with van der Waals surface area (Å²) in [7, 11) is 0. The molecule has 2 aromatic heterocycles. The molecule has 0 saturated heterocycles. The monoisotopic (exact) mass is 326 g/mol. The first-order valence-electron chi connectivity index (χ1n) is 7.14. The second-order valence-electron chi connectivity index (χ2n) is 5.23. The molecule has 3 aromatic rings. The van der Waals surface area contributed by atoms with Crippen molar-refractivity contribution in [3.8, 4) is 11.6 Å². The van der Waals surface area contributed by atoms with Crippen LogP contribution in [0.25, 0.3) is 10.9 Å². The van der Waals surface area contributed by atoms with Crippen molar-refractivity contribution in [3.05, 3.63) is 42.0 Å². The molecular weight excluding hydrogens is 312 g/mol. The van der Waals surface area contributed by atoms with Gasteiger partial charge in [0.05, 0.1) is 5.52 Å². The van der Waals surface area contributed by atoms with Gasteiger partial charge < -0.3 is 9.84 Å². The fraction of sp³-hybridized carbons (Fsp3) is 0.188. The van der Waals surface area contributed by atoms with Gasteiger partial charge in [0, 0.05) is 24.1 Å². The summed E-state index contributed by atoms with van der Waals surface area (Å²) < 4.78 is 6.96. The van der Waals surface area contributed by atoms with Gasteiger partial charge in [0.2, 0.25) is 5.88 Å². The first kappa shape index (κ1) is 15.6. The summed E-state index contributed by atoms with van der Waals surface area (Å²) in [5.74, 6) is -0.437. The molecule has 8 nitrogen and oxygen atoms in total. The first-order chi connectivity index (χ1) is 11.4. The normalized spacial score (nSPS) is 10.8. The van der Waals surface area contributed by atoms with E-state index in [2.05, 4.69) is 15.1 Å². The Kier molecular flexibility index (Phi) is 3.95. The average molecular weight is 326 g/mol. The van der Waals surface area contributed by atoms with Gasteiger partial charge in [-0.15, -0.1) is 0 Å². The number of ether oxygens (including phenoxy) is 1. The van der Waals surface area contributed by atoms with Gasteiger partial charge in [-0.1, -0.05) is 0 Å². The molecule has 1 N–H and O–H groups in total. The third kappa shape index (κ3) is 3.07. The zero-order valence-electron chi connectivity index (χ0n) is 13.1. The number of hydrogen-bond acceptors (Lipinski definition) is 6. The largest absolute Gasteiger partial charge is 0.480 e. The van der Waals surface area contributed by atoms with Crippen molar-refractivity contribution in [1.29, 1.82) is 0 Å². The summed E-state index contributed by atoms with van der Waals surface area (Å²) in [4.78, 5) is 30.7. The highest BCUT2D eigenvalue weighted by Crippen LogP contribution is 2.27. The number of benzene rings is 1. The van der Waals surface area contributed by atoms with Crippen molar-refractivity contribution in [1.82, 2.24) is 19.7 Å². The molecule has 0 amide bonds. The van der Waals surface area contributed by atoms with Crippen molar-refractivity contribution in [2.75, 3.05) is 0 Å². The highest BCUT2D eigenvalue weighted by atomic mass is 16.5. The number of aliphatic carboxylic acids is 1. The van der Waals surface area contributed by atoms with Crippen molar-refractivity contribution >= 4 is 22.7 Å². The Bertz CT molecular complexity index is 948. The number of Topliss-reactive ketones (excluding diaryl/α,β-unsaturated/α-hetero) is 1. The number of fused-ring (bicyclic) bond motifs is 1. The van der Waals surface area contributed by atoms with Crippen molar-refractivity contribution in [3.63, 3.8) is 0 Å². The van der Waals surface area contributed by atoms with E-state index in [1.807, 2.05) is 6.92 Å². The van der Waals surface area contributed by atoms with Crippen LogP contribution in [0.4, 0.5) is 0 Å². The zero-order chi connectivity index (χ0) is 17.3. The highest BCUT2D eigenvalue weighted by Gasteiger charge is 2.16. The van der Waals surface area contributed by atoms with E-state index in [0.717, 1.165) is 5.69 Å². The molecule has 0 aliphatic rings. The van der Waals surface area contributed by atoms with Crippen LogP contribution in [0.2, 0.25) is 0 Å². The maximum atomic E-state index is 11.8. The van der Waals surface area contributed by atoms with Gasteiger partial charge in [0.1, 0.15) is 24.3 Å². The fourth-order valence-corrected chi connectivity index (χ4v) is 2.34. The predicted molar refractivity (Wildman–Crippen MR) is 84.2 cm³/mol. The lowest BCUT2D eigenvalue weighted by atomic mass is 10.1. The Morgan fingerprint density at radius 3 is 2.71 bits per heavy atom. The minimum absolute atomic E-state index is 0.204. The number of carboxylic acids is 1. The van der Waals surface area contributed by atoms with Gasteiger partial charge in [-0.25, -0.2) is 9.97 Å². The number of rotatable bonds is 5. The van der Waals surface area contributed by atoms with Crippen LogP contribution in [-0.4, -0.2) is 36.6 Å². The molecule has 0 spiro atoms. The van der Waals surface area contributed by atoms with Crippen LogP contribution in [0.3, 0.4) is 0 Å². The Morgan fingerprint density at radius 2 is 2.04 bits per heavy atom. The van der Waals surface area contributed by atoms with E-state index < -0.39 is 5.97 Å². The molecule has 0 atom stereocenters. The SMILES string of the molecule is CC(=O)c1nn(CC(=O)O)c2ccc(Oc3cc(C)ncn3)cc12. The van der Waals surface area contributed by atoms with Crippen molar-refractivity contribution < 1.29 is 19.4 Å². The Balaban J connectivity index is 2.04. The van der Waals surface area contributed by atoms with Crippen molar-refractivity contribution in [2.24, 2.45) is 0 Å². The molecule has 122 valence electrons. The van der Waals surface area contributed by atoms with Crippen LogP contribution in [-0.2, 0) is 11.3 Å². The van der Waals surface area contributed by atoms with Gasteiger partial charge in [-0.05, 0) is 25.1 Å². The van der Waals surface area contributed by atoms with E-state index >= 15 is 0 Å². The van der Waals surface area contributed by atoms with Crippen LogP contribution < -0.4 is 4.74 Å². The van der Waals surface area contributed by atoms with Gasteiger partial charge in [0.15, 0.2) is 5.78 Å². The average Bonchev–Trinajstić information content (AvgIpc) is 2.85. The quantitative estimate of drug-likeness (QED) is 0.716. The molecular formula is C16H14N4O4.